The molecule has 0 aliphatic carbocycles. The molecule has 1 unspecified atom stereocenters. The zero-order valence-corrected chi connectivity index (χ0v) is 30.9. The highest BCUT2D eigenvalue weighted by Gasteiger charge is 2.20. The van der Waals surface area contributed by atoms with E-state index in [1.807, 2.05) is 48.5 Å². The van der Waals surface area contributed by atoms with Crippen molar-refractivity contribution >= 4 is 22.3 Å². The van der Waals surface area contributed by atoms with Crippen LogP contribution in [0.1, 0.15) is 36.5 Å². The topological polar surface area (TPSA) is 62.0 Å². The lowest BCUT2D eigenvalue weighted by atomic mass is 9.88. The highest BCUT2D eigenvalue weighted by atomic mass is 14.9. The zero-order valence-electron chi connectivity index (χ0n) is 30.9. The molecule has 0 fully saturated rings. The molecule has 0 radical (unpaired) electrons. The average molecular weight is 711 g/mol. The van der Waals surface area contributed by atoms with Crippen LogP contribution in [0.5, 0.6) is 0 Å². The minimum Gasteiger partial charge on any atom is -0.282 e. The van der Waals surface area contributed by atoms with Gasteiger partial charge >= 0.3 is 0 Å². The first-order valence-corrected chi connectivity index (χ1v) is 19.0. The maximum absolute atomic E-state index is 8.82. The lowest BCUT2D eigenvalue weighted by Gasteiger charge is -2.19. The van der Waals surface area contributed by atoms with E-state index in [0.29, 0.717) is 11.7 Å². The number of fused-ring (bicyclic) bond motifs is 1. The third kappa shape index (κ3) is 7.95. The third-order valence-electron chi connectivity index (χ3n) is 10.3. The average Bonchev–Trinajstić information content (AvgIpc) is 3.27. The predicted octanol–water partition coefficient (Wildman–Crippen LogP) is 12.8. The number of hydrogen-bond acceptors (Lipinski definition) is 3. The van der Waals surface area contributed by atoms with Gasteiger partial charge in [0, 0.05) is 28.2 Å². The Bertz CT molecular complexity index is 2510. The van der Waals surface area contributed by atoms with Gasteiger partial charge in [-0.25, -0.2) is 15.0 Å². The molecule has 0 bridgehead atoms. The Kier molecular flexibility index (Phi) is 10.6. The summed E-state index contributed by atoms with van der Waals surface area (Å²) in [5.74, 6) is 1.20. The zero-order chi connectivity index (χ0) is 37.4. The second kappa shape index (κ2) is 16.5. The molecule has 1 N–H and O–H groups in total. The summed E-state index contributed by atoms with van der Waals surface area (Å²) in [7, 11) is 0. The molecular formula is C51H42N4. The van der Waals surface area contributed by atoms with E-state index in [-0.39, 0.29) is 5.92 Å². The second-order valence-electron chi connectivity index (χ2n) is 13.8. The van der Waals surface area contributed by atoms with Crippen LogP contribution in [-0.4, -0.2) is 21.5 Å². The van der Waals surface area contributed by atoms with Crippen LogP contribution < -0.4 is 0 Å². The van der Waals surface area contributed by atoms with Crippen molar-refractivity contribution in [3.05, 3.63) is 205 Å². The molecular weight excluding hydrogens is 669 g/mol. The van der Waals surface area contributed by atoms with Crippen molar-refractivity contribution in [2.24, 2.45) is 10.9 Å². The van der Waals surface area contributed by atoms with Gasteiger partial charge in [0.05, 0.1) is 17.1 Å². The van der Waals surface area contributed by atoms with E-state index in [2.05, 4.69) is 146 Å². The molecule has 0 saturated heterocycles. The first-order chi connectivity index (χ1) is 27.1. The van der Waals surface area contributed by atoms with Gasteiger partial charge < -0.3 is 0 Å². The molecule has 0 amide bonds. The number of rotatable bonds is 11. The number of benzene rings is 7. The van der Waals surface area contributed by atoms with E-state index in [1.54, 1.807) is 0 Å². The fraction of sp³-hybridized carbons (Fsp3) is 0.0980. The summed E-state index contributed by atoms with van der Waals surface area (Å²) in [6.45, 7) is 2.22. The Labute approximate surface area is 323 Å². The maximum atomic E-state index is 8.82. The van der Waals surface area contributed by atoms with Gasteiger partial charge in [0.15, 0.2) is 11.7 Å². The minimum atomic E-state index is 0.200. The van der Waals surface area contributed by atoms with Crippen LogP contribution in [0.15, 0.2) is 193 Å². The van der Waals surface area contributed by atoms with E-state index in [4.69, 9.17) is 20.4 Å². The quantitative estimate of drug-likeness (QED) is 0.107. The summed E-state index contributed by atoms with van der Waals surface area (Å²) in [4.78, 5) is 15.5. The molecule has 0 aliphatic heterocycles. The monoisotopic (exact) mass is 710 g/mol. The van der Waals surface area contributed by atoms with E-state index in [9.17, 15) is 0 Å². The number of nitrogens with one attached hydrogen (secondary N) is 1. The molecule has 1 heterocycles. The summed E-state index contributed by atoms with van der Waals surface area (Å²) in [6, 6.07) is 64.8. The summed E-state index contributed by atoms with van der Waals surface area (Å²) >= 11 is 0. The van der Waals surface area contributed by atoms with Crippen LogP contribution in [0.3, 0.4) is 0 Å². The first kappa shape index (κ1) is 35.3. The van der Waals surface area contributed by atoms with Gasteiger partial charge in [-0.2, -0.15) is 0 Å². The normalized spacial score (nSPS) is 12.1. The van der Waals surface area contributed by atoms with Crippen LogP contribution in [0.2, 0.25) is 0 Å². The third-order valence-corrected chi connectivity index (χ3v) is 10.3. The largest absolute Gasteiger partial charge is 0.282 e. The fourth-order valence-corrected chi connectivity index (χ4v) is 7.33. The Morgan fingerprint density at radius 3 is 1.71 bits per heavy atom. The van der Waals surface area contributed by atoms with Gasteiger partial charge in [0.1, 0.15) is 0 Å². The molecule has 1 atom stereocenters. The fourth-order valence-electron chi connectivity index (χ4n) is 7.33. The van der Waals surface area contributed by atoms with Gasteiger partial charge in [-0.05, 0) is 58.4 Å². The minimum absolute atomic E-state index is 0.200. The molecule has 55 heavy (non-hydrogen) atoms. The van der Waals surface area contributed by atoms with E-state index < -0.39 is 0 Å². The van der Waals surface area contributed by atoms with Crippen molar-refractivity contribution in [1.82, 2.24) is 9.97 Å². The van der Waals surface area contributed by atoms with Crippen molar-refractivity contribution in [3.63, 3.8) is 0 Å². The molecule has 0 saturated carbocycles. The Morgan fingerprint density at radius 2 is 1.11 bits per heavy atom. The van der Waals surface area contributed by atoms with Gasteiger partial charge in [-0.15, -0.1) is 0 Å². The second-order valence-corrected chi connectivity index (χ2v) is 13.8. The molecule has 4 nitrogen and oxygen atoms in total. The molecule has 0 aliphatic rings. The Balaban J connectivity index is 1.14. The lowest BCUT2D eigenvalue weighted by molar-refractivity contribution is 0.606. The van der Waals surface area contributed by atoms with Crippen LogP contribution in [0.4, 0.5) is 0 Å². The van der Waals surface area contributed by atoms with E-state index in [1.165, 1.54) is 5.56 Å². The lowest BCUT2D eigenvalue weighted by Crippen LogP contribution is -2.18. The molecule has 1 aromatic heterocycles. The summed E-state index contributed by atoms with van der Waals surface area (Å²) in [6.07, 6.45) is 2.76. The van der Waals surface area contributed by atoms with Crippen LogP contribution in [-0.2, 0) is 6.42 Å². The highest BCUT2D eigenvalue weighted by Crippen LogP contribution is 2.39. The van der Waals surface area contributed by atoms with Crippen molar-refractivity contribution < 1.29 is 0 Å². The number of hydrogen-bond donors (Lipinski definition) is 1. The Morgan fingerprint density at radius 1 is 0.564 bits per heavy atom. The summed E-state index contributed by atoms with van der Waals surface area (Å²) in [5, 5.41) is 11.1. The summed E-state index contributed by atoms with van der Waals surface area (Å²) in [5.41, 5.74) is 11.3. The molecule has 7 aromatic carbocycles. The standard InChI is InChI=1S/C51H42N4/c1-2-37(49(42-22-11-5-12-23-42)55-50(52)43-24-13-6-14-25-43)30-27-36-28-31-39(32-29-36)45-34-33-38-17-15-16-26-44(38)48(45)51-53-46(40-18-7-3-8-19-40)35-47(54-51)41-20-9-4-10-21-41/h3-26,28-29,31-35,37,52H,2,27,30H2,1H3. The van der Waals surface area contributed by atoms with Gasteiger partial charge in [-0.1, -0.05) is 189 Å². The molecule has 0 spiro atoms. The van der Waals surface area contributed by atoms with Crippen molar-refractivity contribution in [3.8, 4) is 45.0 Å². The number of aliphatic imine (C=N–C) groups is 1. The SMILES string of the molecule is CCC(CCc1ccc(-c2ccc3ccccc3c2-c2nc(-c3ccccc3)cc(-c3ccccc3)n2)cc1)C(=NC(=N)c1ccccc1)c1ccccc1. The van der Waals surface area contributed by atoms with Crippen LogP contribution in [0, 0.1) is 11.3 Å². The van der Waals surface area contributed by atoms with Crippen molar-refractivity contribution in [1.29, 1.82) is 5.41 Å². The van der Waals surface area contributed by atoms with Gasteiger partial charge in [0.25, 0.3) is 0 Å². The number of aromatic nitrogens is 2. The van der Waals surface area contributed by atoms with Gasteiger partial charge in [-0.3, -0.25) is 5.41 Å². The molecule has 8 aromatic rings. The number of amidine groups is 1. The van der Waals surface area contributed by atoms with Crippen molar-refractivity contribution in [2.45, 2.75) is 26.2 Å². The molecule has 4 heteroatoms. The van der Waals surface area contributed by atoms with Crippen LogP contribution >= 0.6 is 0 Å². The molecule has 266 valence electrons. The van der Waals surface area contributed by atoms with Crippen molar-refractivity contribution in [2.75, 3.05) is 0 Å². The van der Waals surface area contributed by atoms with Gasteiger partial charge in [0.2, 0.25) is 0 Å². The van der Waals surface area contributed by atoms with E-state index in [0.717, 1.165) is 86.1 Å². The smallest absolute Gasteiger partial charge is 0.161 e. The molecule has 8 rings (SSSR count). The van der Waals surface area contributed by atoms with Crippen LogP contribution in [0.25, 0.3) is 55.8 Å². The highest BCUT2D eigenvalue weighted by molar-refractivity contribution is 6.12. The van der Waals surface area contributed by atoms with E-state index >= 15 is 0 Å². The summed E-state index contributed by atoms with van der Waals surface area (Å²) < 4.78 is 0. The first-order valence-electron chi connectivity index (χ1n) is 19.0. The number of aryl methyl sites for hydroxylation is 1. The number of nitrogens with zero attached hydrogens (tertiary/aromatic N) is 3. The predicted molar refractivity (Wildman–Crippen MR) is 230 cm³/mol. The Hall–Kier alpha value is -6.78. The maximum Gasteiger partial charge on any atom is 0.161 e.